The summed E-state index contributed by atoms with van der Waals surface area (Å²) < 4.78 is 0. The molecule has 0 fully saturated rings. The molecule has 0 saturated heterocycles. The van der Waals surface area contributed by atoms with Crippen molar-refractivity contribution in [3.8, 4) is 0 Å². The van der Waals surface area contributed by atoms with Crippen molar-refractivity contribution in [3.05, 3.63) is 0 Å². The van der Waals surface area contributed by atoms with Gasteiger partial charge in [-0.1, -0.05) is 0 Å². The summed E-state index contributed by atoms with van der Waals surface area (Å²) in [5.41, 5.74) is -0.126. The molecule has 0 aromatic heterocycles. The topological polar surface area (TPSA) is 77.5 Å². The van der Waals surface area contributed by atoms with Gasteiger partial charge in [0.25, 0.3) is 0 Å². The fourth-order valence-electron chi connectivity index (χ4n) is 1.57. The molecule has 6 nitrogen and oxygen atoms in total. The van der Waals surface area contributed by atoms with Gasteiger partial charge in [-0.05, 0) is 48.5 Å². The van der Waals surface area contributed by atoms with Crippen molar-refractivity contribution >= 4 is 11.9 Å². The number of aliphatic imine (C=N–C) groups is 1. The zero-order chi connectivity index (χ0) is 16.5. The molecule has 124 valence electrons. The van der Waals surface area contributed by atoms with E-state index in [9.17, 15) is 4.79 Å². The van der Waals surface area contributed by atoms with Gasteiger partial charge in [-0.15, -0.1) is 0 Å². The van der Waals surface area contributed by atoms with Gasteiger partial charge in [0.05, 0.1) is 0 Å². The van der Waals surface area contributed by atoms with Gasteiger partial charge < -0.3 is 21.3 Å². The normalized spacial score (nSPS) is 13.0. The van der Waals surface area contributed by atoms with E-state index in [1.165, 1.54) is 0 Å². The number of amides is 1. The Morgan fingerprint density at radius 1 is 0.952 bits per heavy atom. The Kier molecular flexibility index (Phi) is 8.32. The van der Waals surface area contributed by atoms with Gasteiger partial charge in [-0.3, -0.25) is 4.79 Å². The molecule has 0 radical (unpaired) electrons. The number of rotatable bonds is 6. The van der Waals surface area contributed by atoms with Crippen LogP contribution in [0.5, 0.6) is 0 Å². The number of hydrogen-bond donors (Lipinski definition) is 4. The zero-order valence-corrected chi connectivity index (χ0v) is 14.7. The standard InChI is InChI=1S/C15H33N5O/c1-8-16-13(17-9-10-19-14(2,3)4)18-11-12(21)20-15(5,6)7/h19H,8-11H2,1-7H3,(H,20,21)(H2,16,17,18). The van der Waals surface area contributed by atoms with Crippen LogP contribution in [-0.4, -0.2) is 49.1 Å². The predicted octanol–water partition coefficient (Wildman–Crippen LogP) is 0.844. The summed E-state index contributed by atoms with van der Waals surface area (Å²) >= 11 is 0. The van der Waals surface area contributed by atoms with E-state index in [0.29, 0.717) is 5.96 Å². The maximum absolute atomic E-state index is 11.7. The molecule has 0 heterocycles. The van der Waals surface area contributed by atoms with Crippen LogP contribution in [0.3, 0.4) is 0 Å². The van der Waals surface area contributed by atoms with E-state index in [0.717, 1.165) is 19.6 Å². The smallest absolute Gasteiger partial charge is 0.242 e. The lowest BCUT2D eigenvalue weighted by Crippen LogP contribution is -2.45. The second-order valence-corrected chi connectivity index (χ2v) is 7.10. The van der Waals surface area contributed by atoms with Crippen molar-refractivity contribution in [2.45, 2.75) is 59.5 Å². The predicted molar refractivity (Wildman–Crippen MR) is 89.6 cm³/mol. The second-order valence-electron chi connectivity index (χ2n) is 7.10. The minimum atomic E-state index is -0.227. The molecule has 0 aromatic carbocycles. The van der Waals surface area contributed by atoms with E-state index in [-0.39, 0.29) is 23.5 Å². The van der Waals surface area contributed by atoms with Gasteiger partial charge in [0.1, 0.15) is 6.54 Å². The number of carbonyl (C=O) groups excluding carboxylic acids is 1. The summed E-state index contributed by atoms with van der Waals surface area (Å²) in [6.07, 6.45) is 0. The first-order chi connectivity index (χ1) is 9.53. The third-order valence-electron chi connectivity index (χ3n) is 2.31. The summed E-state index contributed by atoms with van der Waals surface area (Å²) in [6.45, 7) is 16.7. The fraction of sp³-hybridized carbons (Fsp3) is 0.867. The van der Waals surface area contributed by atoms with E-state index < -0.39 is 0 Å². The van der Waals surface area contributed by atoms with Crippen molar-refractivity contribution in [1.82, 2.24) is 21.3 Å². The molecule has 0 aliphatic carbocycles. The number of guanidine groups is 1. The average molecular weight is 299 g/mol. The number of nitrogens with zero attached hydrogens (tertiary/aromatic N) is 1. The van der Waals surface area contributed by atoms with Gasteiger partial charge in [-0.25, -0.2) is 4.99 Å². The lowest BCUT2D eigenvalue weighted by atomic mass is 10.1. The molecule has 21 heavy (non-hydrogen) atoms. The minimum Gasteiger partial charge on any atom is -0.357 e. The Balaban J connectivity index is 4.21. The SMILES string of the molecule is CCNC(=NCC(=O)NC(C)(C)C)NCCNC(C)(C)C. The lowest BCUT2D eigenvalue weighted by molar-refractivity contribution is -0.121. The Hall–Kier alpha value is -1.30. The van der Waals surface area contributed by atoms with Crippen LogP contribution >= 0.6 is 0 Å². The zero-order valence-electron chi connectivity index (χ0n) is 14.7. The molecule has 4 N–H and O–H groups in total. The van der Waals surface area contributed by atoms with E-state index in [4.69, 9.17) is 0 Å². The molecule has 0 saturated carbocycles. The van der Waals surface area contributed by atoms with Crippen molar-refractivity contribution in [1.29, 1.82) is 0 Å². The van der Waals surface area contributed by atoms with Crippen LogP contribution in [-0.2, 0) is 4.79 Å². The molecule has 0 aliphatic heterocycles. The molecular weight excluding hydrogens is 266 g/mol. The Morgan fingerprint density at radius 3 is 2.05 bits per heavy atom. The fourth-order valence-corrected chi connectivity index (χ4v) is 1.57. The molecule has 0 unspecified atom stereocenters. The number of hydrogen-bond acceptors (Lipinski definition) is 3. The van der Waals surface area contributed by atoms with Gasteiger partial charge in [0, 0.05) is 30.7 Å². The number of nitrogens with one attached hydrogen (secondary N) is 4. The monoisotopic (exact) mass is 299 g/mol. The highest BCUT2D eigenvalue weighted by Crippen LogP contribution is 1.98. The van der Waals surface area contributed by atoms with Crippen LogP contribution in [0.15, 0.2) is 4.99 Å². The third kappa shape index (κ3) is 13.4. The first-order valence-corrected chi connectivity index (χ1v) is 7.62. The maximum Gasteiger partial charge on any atom is 0.242 e. The van der Waals surface area contributed by atoms with E-state index in [1.807, 2.05) is 27.7 Å². The quantitative estimate of drug-likeness (QED) is 0.333. The molecule has 0 spiro atoms. The first-order valence-electron chi connectivity index (χ1n) is 7.62. The van der Waals surface area contributed by atoms with Crippen LogP contribution in [0, 0.1) is 0 Å². The van der Waals surface area contributed by atoms with Gasteiger partial charge in [0.15, 0.2) is 5.96 Å². The van der Waals surface area contributed by atoms with Gasteiger partial charge in [-0.2, -0.15) is 0 Å². The van der Waals surface area contributed by atoms with Crippen molar-refractivity contribution in [2.24, 2.45) is 4.99 Å². The second kappa shape index (κ2) is 8.87. The highest BCUT2D eigenvalue weighted by atomic mass is 16.2. The van der Waals surface area contributed by atoms with E-state index in [2.05, 4.69) is 47.0 Å². The highest BCUT2D eigenvalue weighted by Gasteiger charge is 2.13. The third-order valence-corrected chi connectivity index (χ3v) is 2.31. The maximum atomic E-state index is 11.7. The summed E-state index contributed by atoms with van der Waals surface area (Å²) in [5.74, 6) is 0.588. The van der Waals surface area contributed by atoms with Crippen molar-refractivity contribution in [3.63, 3.8) is 0 Å². The van der Waals surface area contributed by atoms with Gasteiger partial charge in [0.2, 0.25) is 5.91 Å². The van der Waals surface area contributed by atoms with Crippen LogP contribution < -0.4 is 21.3 Å². The van der Waals surface area contributed by atoms with Crippen molar-refractivity contribution in [2.75, 3.05) is 26.2 Å². The summed E-state index contributed by atoms with van der Waals surface area (Å²) in [4.78, 5) is 16.0. The molecule has 6 heteroatoms. The largest absolute Gasteiger partial charge is 0.357 e. The van der Waals surface area contributed by atoms with E-state index in [1.54, 1.807) is 0 Å². The summed E-state index contributed by atoms with van der Waals surface area (Å²) in [5, 5.41) is 12.6. The van der Waals surface area contributed by atoms with Gasteiger partial charge >= 0.3 is 0 Å². The van der Waals surface area contributed by atoms with Crippen LogP contribution in [0.1, 0.15) is 48.5 Å². The lowest BCUT2D eigenvalue weighted by Gasteiger charge is -2.21. The number of carbonyl (C=O) groups is 1. The molecule has 0 bridgehead atoms. The van der Waals surface area contributed by atoms with E-state index >= 15 is 0 Å². The molecular formula is C15H33N5O. The van der Waals surface area contributed by atoms with Crippen molar-refractivity contribution < 1.29 is 4.79 Å². The minimum absolute atomic E-state index is 0.0764. The Labute approximate surface area is 129 Å². The molecule has 0 aromatic rings. The molecule has 0 aliphatic rings. The van der Waals surface area contributed by atoms with Crippen LogP contribution in [0.25, 0.3) is 0 Å². The molecule has 0 atom stereocenters. The first kappa shape index (κ1) is 19.7. The van der Waals surface area contributed by atoms with Crippen LogP contribution in [0.2, 0.25) is 0 Å². The Morgan fingerprint density at radius 2 is 1.57 bits per heavy atom. The molecule has 0 rings (SSSR count). The molecule has 1 amide bonds. The average Bonchev–Trinajstić information content (AvgIpc) is 2.27. The highest BCUT2D eigenvalue weighted by molar-refractivity contribution is 5.85. The summed E-state index contributed by atoms with van der Waals surface area (Å²) in [6, 6.07) is 0. The summed E-state index contributed by atoms with van der Waals surface area (Å²) in [7, 11) is 0. The Bertz CT molecular complexity index is 339. The van der Waals surface area contributed by atoms with Crippen LogP contribution in [0.4, 0.5) is 0 Å².